The number of thiophene rings is 1. The van der Waals surface area contributed by atoms with Gasteiger partial charge in [-0.2, -0.15) is 0 Å². The summed E-state index contributed by atoms with van der Waals surface area (Å²) >= 11 is 1.38. The molecule has 2 fully saturated rings. The second-order valence-corrected chi connectivity index (χ2v) is 8.51. The van der Waals surface area contributed by atoms with Crippen LogP contribution in [-0.4, -0.2) is 68.8 Å². The first-order valence-electron chi connectivity index (χ1n) is 10.3. The molecule has 2 atom stereocenters. The van der Waals surface area contributed by atoms with E-state index in [0.717, 1.165) is 45.9 Å². The largest absolute Gasteiger partial charge is 0.381 e. The van der Waals surface area contributed by atoms with Crippen molar-refractivity contribution in [2.45, 2.75) is 12.5 Å². The maximum atomic E-state index is 12.8. The van der Waals surface area contributed by atoms with Crippen LogP contribution in [0.15, 0.2) is 41.8 Å². The van der Waals surface area contributed by atoms with Crippen molar-refractivity contribution in [2.75, 3.05) is 51.4 Å². The van der Waals surface area contributed by atoms with Crippen LogP contribution in [0.25, 0.3) is 0 Å². The van der Waals surface area contributed by atoms with Gasteiger partial charge in [0.25, 0.3) is 11.8 Å². The summed E-state index contributed by atoms with van der Waals surface area (Å²) in [6.07, 6.45) is 1.02. The van der Waals surface area contributed by atoms with E-state index in [4.69, 9.17) is 9.47 Å². The van der Waals surface area contributed by atoms with Gasteiger partial charge in [0, 0.05) is 49.5 Å². The quantitative estimate of drug-likeness (QED) is 0.707. The molecule has 0 aliphatic carbocycles. The van der Waals surface area contributed by atoms with Crippen LogP contribution in [0.4, 0.5) is 5.69 Å². The van der Waals surface area contributed by atoms with Gasteiger partial charge in [-0.1, -0.05) is 12.1 Å². The molecule has 7 nitrogen and oxygen atoms in total. The lowest BCUT2D eigenvalue weighted by atomic mass is 9.96. The molecule has 2 unspecified atom stereocenters. The monoisotopic (exact) mass is 429 g/mol. The highest BCUT2D eigenvalue weighted by Crippen LogP contribution is 2.22. The number of morpholine rings is 1. The summed E-state index contributed by atoms with van der Waals surface area (Å²) in [5, 5.41) is 7.81. The topological polar surface area (TPSA) is 79.9 Å². The van der Waals surface area contributed by atoms with Crippen molar-refractivity contribution < 1.29 is 19.1 Å². The van der Waals surface area contributed by atoms with Crippen molar-refractivity contribution in [3.8, 4) is 0 Å². The third-order valence-corrected chi connectivity index (χ3v) is 6.49. The Labute approximate surface area is 180 Å². The molecule has 2 N–H and O–H groups in total. The lowest BCUT2D eigenvalue weighted by molar-refractivity contribution is 0.00166. The highest BCUT2D eigenvalue weighted by atomic mass is 32.1. The summed E-state index contributed by atoms with van der Waals surface area (Å²) in [6, 6.07) is 10.9. The van der Waals surface area contributed by atoms with E-state index in [2.05, 4.69) is 15.5 Å². The zero-order valence-electron chi connectivity index (χ0n) is 16.8. The van der Waals surface area contributed by atoms with Crippen molar-refractivity contribution in [1.29, 1.82) is 0 Å². The highest BCUT2D eigenvalue weighted by molar-refractivity contribution is 7.12. The van der Waals surface area contributed by atoms with Gasteiger partial charge in [0.05, 0.1) is 24.7 Å². The van der Waals surface area contributed by atoms with Crippen LogP contribution in [0.2, 0.25) is 0 Å². The zero-order chi connectivity index (χ0) is 20.8. The summed E-state index contributed by atoms with van der Waals surface area (Å²) in [6.45, 7) is 5.29. The Bertz CT molecular complexity index is 846. The molecule has 1 aromatic heterocycles. The minimum Gasteiger partial charge on any atom is -0.381 e. The first kappa shape index (κ1) is 21.0. The van der Waals surface area contributed by atoms with E-state index in [1.165, 1.54) is 11.3 Å². The number of carbonyl (C=O) groups is 2. The minimum atomic E-state index is -0.170. The molecule has 30 heavy (non-hydrogen) atoms. The summed E-state index contributed by atoms with van der Waals surface area (Å²) in [5.41, 5.74) is 1.14. The Balaban J connectivity index is 1.38. The molecule has 4 rings (SSSR count). The molecule has 0 bridgehead atoms. The number of nitrogens with one attached hydrogen (secondary N) is 2. The van der Waals surface area contributed by atoms with E-state index >= 15 is 0 Å². The number of hydrogen-bond donors (Lipinski definition) is 2. The Hall–Kier alpha value is -2.26. The van der Waals surface area contributed by atoms with E-state index < -0.39 is 0 Å². The standard InChI is InChI=1S/C22H27N3O4S/c26-21(16-3-1-4-18(13-16)24-22(27)20-5-2-12-30-20)23-14-19(17-6-9-29-15-17)25-7-10-28-11-8-25/h1-5,12-13,17,19H,6-11,14-15H2,(H,23,26)(H,24,27). The van der Waals surface area contributed by atoms with E-state index in [9.17, 15) is 9.59 Å². The summed E-state index contributed by atoms with van der Waals surface area (Å²) in [5.74, 6) is 0.107. The SMILES string of the molecule is O=C(NCC(C1CCOC1)N1CCOCC1)c1cccc(NC(=O)c2cccs2)c1. The molecule has 2 aromatic rings. The fraction of sp³-hybridized carbons (Fsp3) is 0.455. The molecule has 0 radical (unpaired) electrons. The average molecular weight is 430 g/mol. The average Bonchev–Trinajstić information content (AvgIpc) is 3.49. The third kappa shape index (κ3) is 5.26. The van der Waals surface area contributed by atoms with Crippen LogP contribution in [0.3, 0.4) is 0 Å². The number of rotatable bonds is 7. The number of hydrogen-bond acceptors (Lipinski definition) is 6. The molecule has 2 aliphatic heterocycles. The Morgan fingerprint density at radius 1 is 1.10 bits per heavy atom. The van der Waals surface area contributed by atoms with Crippen LogP contribution in [0.1, 0.15) is 26.5 Å². The molecular formula is C22H27N3O4S. The summed E-state index contributed by atoms with van der Waals surface area (Å²) in [4.78, 5) is 28.1. The smallest absolute Gasteiger partial charge is 0.265 e. The normalized spacial score (nSPS) is 20.6. The van der Waals surface area contributed by atoms with Gasteiger partial charge in [0.2, 0.25) is 0 Å². The predicted molar refractivity (Wildman–Crippen MR) is 116 cm³/mol. The van der Waals surface area contributed by atoms with Gasteiger partial charge < -0.3 is 20.1 Å². The van der Waals surface area contributed by atoms with E-state index in [1.54, 1.807) is 30.3 Å². The number of nitrogens with zero attached hydrogens (tertiary/aromatic N) is 1. The van der Waals surface area contributed by atoms with Gasteiger partial charge in [-0.15, -0.1) is 11.3 Å². The molecule has 2 aliphatic rings. The van der Waals surface area contributed by atoms with Crippen LogP contribution in [-0.2, 0) is 9.47 Å². The van der Waals surface area contributed by atoms with E-state index in [1.807, 2.05) is 11.4 Å². The Kier molecular flexibility index (Phi) is 7.11. The van der Waals surface area contributed by atoms with Crippen molar-refractivity contribution >= 4 is 28.8 Å². The Morgan fingerprint density at radius 3 is 2.70 bits per heavy atom. The molecular weight excluding hydrogens is 402 g/mol. The lowest BCUT2D eigenvalue weighted by Gasteiger charge is -2.37. The fourth-order valence-electron chi connectivity index (χ4n) is 4.00. The molecule has 2 amide bonds. The van der Waals surface area contributed by atoms with Crippen LogP contribution >= 0.6 is 11.3 Å². The van der Waals surface area contributed by atoms with Crippen molar-refractivity contribution in [1.82, 2.24) is 10.2 Å². The maximum absolute atomic E-state index is 12.8. The number of benzene rings is 1. The molecule has 1 aromatic carbocycles. The third-order valence-electron chi connectivity index (χ3n) is 5.62. The van der Waals surface area contributed by atoms with Gasteiger partial charge in [0.1, 0.15) is 0 Å². The number of ether oxygens (including phenoxy) is 2. The zero-order valence-corrected chi connectivity index (χ0v) is 17.7. The van der Waals surface area contributed by atoms with Crippen molar-refractivity contribution in [2.24, 2.45) is 5.92 Å². The second kappa shape index (κ2) is 10.2. The van der Waals surface area contributed by atoms with Gasteiger partial charge in [-0.05, 0) is 36.1 Å². The molecule has 0 saturated carbocycles. The van der Waals surface area contributed by atoms with Crippen molar-refractivity contribution in [3.05, 3.63) is 52.2 Å². The van der Waals surface area contributed by atoms with Gasteiger partial charge in [0.15, 0.2) is 0 Å². The van der Waals surface area contributed by atoms with Crippen LogP contribution < -0.4 is 10.6 Å². The predicted octanol–water partition coefficient (Wildman–Crippen LogP) is 2.47. The van der Waals surface area contributed by atoms with E-state index in [-0.39, 0.29) is 17.9 Å². The Morgan fingerprint density at radius 2 is 1.97 bits per heavy atom. The van der Waals surface area contributed by atoms with E-state index in [0.29, 0.717) is 28.6 Å². The van der Waals surface area contributed by atoms with Crippen molar-refractivity contribution in [3.63, 3.8) is 0 Å². The van der Waals surface area contributed by atoms with Crippen LogP contribution in [0, 0.1) is 5.92 Å². The number of carbonyl (C=O) groups excluding carboxylic acids is 2. The molecule has 0 spiro atoms. The number of anilines is 1. The van der Waals surface area contributed by atoms with Gasteiger partial charge in [-0.3, -0.25) is 14.5 Å². The summed E-state index contributed by atoms with van der Waals surface area (Å²) < 4.78 is 11.1. The van der Waals surface area contributed by atoms with Gasteiger partial charge >= 0.3 is 0 Å². The highest BCUT2D eigenvalue weighted by Gasteiger charge is 2.31. The first-order chi connectivity index (χ1) is 14.7. The second-order valence-electron chi connectivity index (χ2n) is 7.56. The fourth-order valence-corrected chi connectivity index (χ4v) is 4.62. The molecule has 160 valence electrons. The van der Waals surface area contributed by atoms with Gasteiger partial charge in [-0.25, -0.2) is 0 Å². The van der Waals surface area contributed by atoms with Crippen LogP contribution in [0.5, 0.6) is 0 Å². The lowest BCUT2D eigenvalue weighted by Crippen LogP contribution is -2.52. The molecule has 8 heteroatoms. The maximum Gasteiger partial charge on any atom is 0.265 e. The molecule has 3 heterocycles. The summed E-state index contributed by atoms with van der Waals surface area (Å²) in [7, 11) is 0. The minimum absolute atomic E-state index is 0.139. The first-order valence-corrected chi connectivity index (χ1v) is 11.2. The number of amides is 2. The molecule has 2 saturated heterocycles.